The first-order chi connectivity index (χ1) is 8.04. The Balaban J connectivity index is 2.43. The quantitative estimate of drug-likeness (QED) is 0.792. The Kier molecular flexibility index (Phi) is 5.22. The molecule has 1 heterocycles. The number of aliphatic hydroxyl groups is 1. The van der Waals surface area contributed by atoms with Crippen LogP contribution in [0.4, 0.5) is 0 Å². The van der Waals surface area contributed by atoms with E-state index in [-0.39, 0.29) is 11.8 Å². The number of aromatic nitrogens is 1. The average molecular weight is 238 g/mol. The second-order valence-electron chi connectivity index (χ2n) is 4.65. The third kappa shape index (κ3) is 4.23. The van der Waals surface area contributed by atoms with Gasteiger partial charge in [0.05, 0.1) is 6.10 Å². The Morgan fingerprint density at radius 2 is 2.24 bits per heavy atom. The summed E-state index contributed by atoms with van der Waals surface area (Å²) >= 11 is 0. The van der Waals surface area contributed by atoms with Crippen molar-refractivity contribution in [3.8, 4) is 0 Å². The summed E-state index contributed by atoms with van der Waals surface area (Å²) in [5.41, 5.74) is 0.944. The largest absolute Gasteiger partial charge is 0.388 e. The SMILES string of the molecule is CNC(=O)CCCn1ccc(C(O)C(C)C)c1. The summed E-state index contributed by atoms with van der Waals surface area (Å²) in [6, 6.07) is 1.94. The topological polar surface area (TPSA) is 54.3 Å². The highest BCUT2D eigenvalue weighted by molar-refractivity contribution is 5.75. The van der Waals surface area contributed by atoms with Crippen LogP contribution in [0.5, 0.6) is 0 Å². The summed E-state index contributed by atoms with van der Waals surface area (Å²) in [7, 11) is 1.65. The van der Waals surface area contributed by atoms with E-state index >= 15 is 0 Å². The van der Waals surface area contributed by atoms with Crippen molar-refractivity contribution in [2.75, 3.05) is 7.05 Å². The molecule has 0 aliphatic carbocycles. The predicted octanol–water partition coefficient (Wildman–Crippen LogP) is 1.70. The van der Waals surface area contributed by atoms with Crippen molar-refractivity contribution in [2.45, 2.75) is 39.3 Å². The van der Waals surface area contributed by atoms with Gasteiger partial charge in [0.25, 0.3) is 0 Å². The molecule has 0 aliphatic rings. The third-order valence-electron chi connectivity index (χ3n) is 2.85. The third-order valence-corrected chi connectivity index (χ3v) is 2.85. The smallest absolute Gasteiger partial charge is 0.219 e. The summed E-state index contributed by atoms with van der Waals surface area (Å²) in [6.07, 6.45) is 4.84. The van der Waals surface area contributed by atoms with Gasteiger partial charge in [0, 0.05) is 32.4 Å². The number of nitrogens with zero attached hydrogens (tertiary/aromatic N) is 1. The van der Waals surface area contributed by atoms with Gasteiger partial charge >= 0.3 is 0 Å². The minimum absolute atomic E-state index is 0.0691. The average Bonchev–Trinajstić information content (AvgIpc) is 2.76. The molecular weight excluding hydrogens is 216 g/mol. The van der Waals surface area contributed by atoms with Crippen molar-refractivity contribution >= 4 is 5.91 Å². The Bertz CT molecular complexity index is 358. The van der Waals surface area contributed by atoms with Gasteiger partial charge in [-0.2, -0.15) is 0 Å². The van der Waals surface area contributed by atoms with Crippen LogP contribution in [0, 0.1) is 5.92 Å². The van der Waals surface area contributed by atoms with E-state index in [0.717, 1.165) is 18.5 Å². The number of rotatable bonds is 6. The van der Waals surface area contributed by atoms with E-state index in [9.17, 15) is 9.90 Å². The lowest BCUT2D eigenvalue weighted by molar-refractivity contribution is -0.120. The molecular formula is C13H22N2O2. The number of aliphatic hydroxyl groups excluding tert-OH is 1. The molecule has 1 unspecified atom stereocenters. The van der Waals surface area contributed by atoms with E-state index in [1.54, 1.807) is 7.05 Å². The lowest BCUT2D eigenvalue weighted by atomic mass is 10.0. The number of amides is 1. The molecule has 96 valence electrons. The molecule has 1 aromatic heterocycles. The molecule has 1 atom stereocenters. The molecule has 0 radical (unpaired) electrons. The molecule has 0 bridgehead atoms. The maximum absolute atomic E-state index is 11.0. The van der Waals surface area contributed by atoms with Crippen molar-refractivity contribution in [1.29, 1.82) is 0 Å². The van der Waals surface area contributed by atoms with Crippen LogP contribution < -0.4 is 5.32 Å². The predicted molar refractivity (Wildman–Crippen MR) is 67.5 cm³/mol. The van der Waals surface area contributed by atoms with Gasteiger partial charge in [-0.1, -0.05) is 13.8 Å². The number of hydrogen-bond donors (Lipinski definition) is 2. The van der Waals surface area contributed by atoms with Gasteiger partial charge in [0.2, 0.25) is 5.91 Å². The van der Waals surface area contributed by atoms with Crippen LogP contribution >= 0.6 is 0 Å². The zero-order chi connectivity index (χ0) is 12.8. The van der Waals surface area contributed by atoms with Crippen molar-refractivity contribution in [1.82, 2.24) is 9.88 Å². The van der Waals surface area contributed by atoms with Gasteiger partial charge < -0.3 is 15.0 Å². The summed E-state index contributed by atoms with van der Waals surface area (Å²) in [5, 5.41) is 12.5. The van der Waals surface area contributed by atoms with E-state index in [2.05, 4.69) is 5.32 Å². The summed E-state index contributed by atoms with van der Waals surface area (Å²) < 4.78 is 2.02. The molecule has 4 heteroatoms. The van der Waals surface area contributed by atoms with E-state index < -0.39 is 6.10 Å². The number of carbonyl (C=O) groups is 1. The summed E-state index contributed by atoms with van der Waals surface area (Å²) in [4.78, 5) is 11.0. The van der Waals surface area contributed by atoms with E-state index in [1.807, 2.05) is 36.9 Å². The zero-order valence-corrected chi connectivity index (χ0v) is 10.8. The Morgan fingerprint density at radius 1 is 1.53 bits per heavy atom. The van der Waals surface area contributed by atoms with Crippen molar-refractivity contribution in [3.05, 3.63) is 24.0 Å². The zero-order valence-electron chi connectivity index (χ0n) is 10.8. The number of hydrogen-bond acceptors (Lipinski definition) is 2. The first kappa shape index (κ1) is 13.8. The minimum atomic E-state index is -0.407. The second-order valence-corrected chi connectivity index (χ2v) is 4.65. The summed E-state index contributed by atoms with van der Waals surface area (Å²) in [5.74, 6) is 0.288. The van der Waals surface area contributed by atoms with Crippen molar-refractivity contribution < 1.29 is 9.90 Å². The van der Waals surface area contributed by atoms with Crippen LogP contribution in [0.15, 0.2) is 18.5 Å². The Hall–Kier alpha value is -1.29. The van der Waals surface area contributed by atoms with Gasteiger partial charge in [-0.25, -0.2) is 0 Å². The van der Waals surface area contributed by atoms with Crippen LogP contribution in [-0.2, 0) is 11.3 Å². The molecule has 0 spiro atoms. The van der Waals surface area contributed by atoms with Crippen LogP contribution in [0.1, 0.15) is 38.4 Å². The first-order valence-corrected chi connectivity index (χ1v) is 6.09. The lowest BCUT2D eigenvalue weighted by Gasteiger charge is -2.12. The highest BCUT2D eigenvalue weighted by atomic mass is 16.3. The van der Waals surface area contributed by atoms with Gasteiger partial charge in [0.15, 0.2) is 0 Å². The maximum atomic E-state index is 11.0. The van der Waals surface area contributed by atoms with Crippen LogP contribution in [0.25, 0.3) is 0 Å². The fourth-order valence-electron chi connectivity index (χ4n) is 1.71. The fourth-order valence-corrected chi connectivity index (χ4v) is 1.71. The van der Waals surface area contributed by atoms with E-state index in [0.29, 0.717) is 6.42 Å². The van der Waals surface area contributed by atoms with E-state index in [1.165, 1.54) is 0 Å². The Labute approximate surface area is 103 Å². The van der Waals surface area contributed by atoms with Gasteiger partial charge in [-0.15, -0.1) is 0 Å². The minimum Gasteiger partial charge on any atom is -0.388 e. The van der Waals surface area contributed by atoms with Gasteiger partial charge in [-0.3, -0.25) is 4.79 Å². The first-order valence-electron chi connectivity index (χ1n) is 6.09. The monoisotopic (exact) mass is 238 g/mol. The standard InChI is InChI=1S/C13H22N2O2/c1-10(2)13(17)11-6-8-15(9-11)7-4-5-12(16)14-3/h6,8-10,13,17H,4-5,7H2,1-3H3,(H,14,16). The lowest BCUT2D eigenvalue weighted by Crippen LogP contribution is -2.17. The van der Waals surface area contributed by atoms with E-state index in [4.69, 9.17) is 0 Å². The fraction of sp³-hybridized carbons (Fsp3) is 0.615. The van der Waals surface area contributed by atoms with Crippen LogP contribution in [0.3, 0.4) is 0 Å². The van der Waals surface area contributed by atoms with Crippen LogP contribution in [-0.4, -0.2) is 22.6 Å². The molecule has 0 saturated carbocycles. The molecule has 0 aliphatic heterocycles. The molecule has 1 amide bonds. The molecule has 17 heavy (non-hydrogen) atoms. The normalized spacial score (nSPS) is 12.8. The number of aryl methyl sites for hydroxylation is 1. The molecule has 0 aromatic carbocycles. The number of carbonyl (C=O) groups excluding carboxylic acids is 1. The molecule has 4 nitrogen and oxygen atoms in total. The number of nitrogens with one attached hydrogen (secondary N) is 1. The molecule has 2 N–H and O–H groups in total. The maximum Gasteiger partial charge on any atom is 0.219 e. The second kappa shape index (κ2) is 6.45. The Morgan fingerprint density at radius 3 is 2.82 bits per heavy atom. The highest BCUT2D eigenvalue weighted by Crippen LogP contribution is 2.21. The van der Waals surface area contributed by atoms with Gasteiger partial charge in [0.1, 0.15) is 0 Å². The van der Waals surface area contributed by atoms with Crippen LogP contribution in [0.2, 0.25) is 0 Å². The van der Waals surface area contributed by atoms with Crippen molar-refractivity contribution in [3.63, 3.8) is 0 Å². The molecule has 0 saturated heterocycles. The molecule has 0 fully saturated rings. The summed E-state index contributed by atoms with van der Waals surface area (Å²) in [6.45, 7) is 4.79. The molecule has 1 rings (SSSR count). The molecule has 1 aromatic rings. The highest BCUT2D eigenvalue weighted by Gasteiger charge is 2.12. The van der Waals surface area contributed by atoms with Crippen molar-refractivity contribution in [2.24, 2.45) is 5.92 Å². The van der Waals surface area contributed by atoms with Gasteiger partial charge in [-0.05, 0) is 24.0 Å².